The molecule has 0 unspecified atom stereocenters. The van der Waals surface area contributed by atoms with Crippen molar-refractivity contribution in [2.24, 2.45) is 0 Å². The van der Waals surface area contributed by atoms with E-state index in [0.29, 0.717) is 12.3 Å². The number of para-hydroxylation sites is 3. The van der Waals surface area contributed by atoms with Crippen molar-refractivity contribution in [3.8, 4) is 11.5 Å². The van der Waals surface area contributed by atoms with E-state index in [9.17, 15) is 5.11 Å². The van der Waals surface area contributed by atoms with E-state index in [0.717, 1.165) is 41.9 Å². The summed E-state index contributed by atoms with van der Waals surface area (Å²) in [6.07, 6.45) is 2.22. The molecule has 0 aliphatic carbocycles. The molecule has 0 atom stereocenters. The number of aryl methyl sites for hydroxylation is 1. The second-order valence-corrected chi connectivity index (χ2v) is 5.75. The topological polar surface area (TPSA) is 59.3 Å². The minimum atomic E-state index is 0.170. The lowest BCUT2D eigenvalue weighted by atomic mass is 10.2. The van der Waals surface area contributed by atoms with Crippen LogP contribution < -0.4 is 10.1 Å². The zero-order valence-electron chi connectivity index (χ0n) is 14.1. The van der Waals surface area contributed by atoms with Crippen LogP contribution in [0.2, 0.25) is 0 Å². The van der Waals surface area contributed by atoms with Crippen molar-refractivity contribution in [1.82, 2.24) is 9.55 Å². The maximum atomic E-state index is 10.2. The minimum Gasteiger partial charge on any atom is -0.504 e. The Bertz CT molecular complexity index is 827. The predicted octanol–water partition coefficient (Wildman–Crippen LogP) is 4.16. The van der Waals surface area contributed by atoms with Gasteiger partial charge in [-0.1, -0.05) is 37.6 Å². The van der Waals surface area contributed by atoms with Gasteiger partial charge in [0.2, 0.25) is 5.95 Å². The average Bonchev–Trinajstić information content (AvgIpc) is 2.96. The van der Waals surface area contributed by atoms with Crippen molar-refractivity contribution < 1.29 is 9.84 Å². The number of unbranched alkanes of at least 4 members (excludes halogenated alkanes) is 1. The van der Waals surface area contributed by atoms with Gasteiger partial charge in [-0.3, -0.25) is 0 Å². The molecule has 5 heteroatoms. The molecule has 1 aromatic heterocycles. The molecule has 0 aliphatic heterocycles. The molecule has 1 heterocycles. The molecule has 0 saturated carbocycles. The molecule has 0 spiro atoms. The number of phenols is 1. The third-order valence-electron chi connectivity index (χ3n) is 4.13. The van der Waals surface area contributed by atoms with Crippen molar-refractivity contribution in [3.63, 3.8) is 0 Å². The molecule has 3 aromatic rings. The fraction of sp³-hybridized carbons (Fsp3) is 0.316. The number of rotatable bonds is 7. The largest absolute Gasteiger partial charge is 0.504 e. The van der Waals surface area contributed by atoms with Crippen LogP contribution in [0.4, 0.5) is 5.95 Å². The highest BCUT2D eigenvalue weighted by Crippen LogP contribution is 2.30. The SMILES string of the molecule is CCCCn1c(NCc2cccc(OC)c2O)nc2ccccc21. The van der Waals surface area contributed by atoms with Crippen LogP contribution in [0.5, 0.6) is 11.5 Å². The number of ether oxygens (including phenoxy) is 1. The normalized spacial score (nSPS) is 10.9. The summed E-state index contributed by atoms with van der Waals surface area (Å²) in [6.45, 7) is 3.59. The van der Waals surface area contributed by atoms with E-state index in [-0.39, 0.29) is 5.75 Å². The lowest BCUT2D eigenvalue weighted by molar-refractivity contribution is 0.371. The van der Waals surface area contributed by atoms with Crippen LogP contribution in [0.15, 0.2) is 42.5 Å². The number of phenolic OH excluding ortho intramolecular Hbond substituents is 1. The minimum absolute atomic E-state index is 0.170. The Morgan fingerprint density at radius 1 is 1.17 bits per heavy atom. The van der Waals surface area contributed by atoms with Crippen LogP contribution in [0, 0.1) is 0 Å². The van der Waals surface area contributed by atoms with Gasteiger partial charge in [0, 0.05) is 18.7 Å². The third-order valence-corrected chi connectivity index (χ3v) is 4.13. The van der Waals surface area contributed by atoms with Crippen molar-refractivity contribution in [2.75, 3.05) is 12.4 Å². The molecule has 3 rings (SSSR count). The highest BCUT2D eigenvalue weighted by atomic mass is 16.5. The Kier molecular flexibility index (Phi) is 4.89. The average molecular weight is 325 g/mol. The first kappa shape index (κ1) is 16.2. The van der Waals surface area contributed by atoms with E-state index in [2.05, 4.69) is 22.9 Å². The van der Waals surface area contributed by atoms with Gasteiger partial charge in [0.05, 0.1) is 18.1 Å². The summed E-state index contributed by atoms with van der Waals surface area (Å²) in [7, 11) is 1.55. The smallest absolute Gasteiger partial charge is 0.204 e. The van der Waals surface area contributed by atoms with E-state index in [1.54, 1.807) is 13.2 Å². The van der Waals surface area contributed by atoms with Gasteiger partial charge >= 0.3 is 0 Å². The zero-order chi connectivity index (χ0) is 16.9. The van der Waals surface area contributed by atoms with E-state index < -0.39 is 0 Å². The number of benzene rings is 2. The quantitative estimate of drug-likeness (QED) is 0.685. The van der Waals surface area contributed by atoms with Crippen molar-refractivity contribution in [1.29, 1.82) is 0 Å². The van der Waals surface area contributed by atoms with Crippen LogP contribution in [0.1, 0.15) is 25.3 Å². The third kappa shape index (κ3) is 3.15. The van der Waals surface area contributed by atoms with Gasteiger partial charge in [-0.25, -0.2) is 4.98 Å². The number of aromatic nitrogens is 2. The first-order valence-electron chi connectivity index (χ1n) is 8.28. The fourth-order valence-corrected chi connectivity index (χ4v) is 2.80. The van der Waals surface area contributed by atoms with E-state index >= 15 is 0 Å². The van der Waals surface area contributed by atoms with Crippen LogP contribution in [0.3, 0.4) is 0 Å². The van der Waals surface area contributed by atoms with Gasteiger partial charge in [-0.15, -0.1) is 0 Å². The Balaban J connectivity index is 1.87. The van der Waals surface area contributed by atoms with Gasteiger partial charge in [0.25, 0.3) is 0 Å². The molecule has 5 nitrogen and oxygen atoms in total. The van der Waals surface area contributed by atoms with Gasteiger partial charge in [-0.05, 0) is 24.6 Å². The van der Waals surface area contributed by atoms with Gasteiger partial charge in [0.1, 0.15) is 0 Å². The summed E-state index contributed by atoms with van der Waals surface area (Å²) in [5.74, 6) is 1.48. The van der Waals surface area contributed by atoms with Crippen molar-refractivity contribution >= 4 is 17.0 Å². The number of hydrogen-bond donors (Lipinski definition) is 2. The van der Waals surface area contributed by atoms with Crippen LogP contribution in [-0.4, -0.2) is 21.8 Å². The summed E-state index contributed by atoms with van der Waals surface area (Å²) in [4.78, 5) is 4.69. The predicted molar refractivity (Wildman–Crippen MR) is 96.6 cm³/mol. The fourth-order valence-electron chi connectivity index (χ4n) is 2.80. The molecule has 0 amide bonds. The Hall–Kier alpha value is -2.69. The number of imidazole rings is 1. The summed E-state index contributed by atoms with van der Waals surface area (Å²) in [6, 6.07) is 13.6. The highest BCUT2D eigenvalue weighted by molar-refractivity contribution is 5.78. The van der Waals surface area contributed by atoms with E-state index in [1.165, 1.54) is 0 Å². The molecule has 24 heavy (non-hydrogen) atoms. The lowest BCUT2D eigenvalue weighted by Crippen LogP contribution is -2.08. The number of fused-ring (bicyclic) bond motifs is 1. The molecule has 0 fully saturated rings. The summed E-state index contributed by atoms with van der Waals surface area (Å²) < 4.78 is 7.37. The number of aromatic hydroxyl groups is 1. The Morgan fingerprint density at radius 2 is 2.00 bits per heavy atom. The lowest BCUT2D eigenvalue weighted by Gasteiger charge is -2.12. The van der Waals surface area contributed by atoms with Crippen LogP contribution >= 0.6 is 0 Å². The number of hydrogen-bond acceptors (Lipinski definition) is 4. The number of anilines is 1. The first-order valence-corrected chi connectivity index (χ1v) is 8.28. The van der Waals surface area contributed by atoms with E-state index in [4.69, 9.17) is 9.72 Å². The van der Waals surface area contributed by atoms with Gasteiger partial charge in [-0.2, -0.15) is 0 Å². The molecule has 126 valence electrons. The maximum absolute atomic E-state index is 10.2. The van der Waals surface area contributed by atoms with Crippen molar-refractivity contribution in [2.45, 2.75) is 32.9 Å². The molecule has 0 bridgehead atoms. The zero-order valence-corrected chi connectivity index (χ0v) is 14.1. The molecular weight excluding hydrogens is 302 g/mol. The monoisotopic (exact) mass is 325 g/mol. The highest BCUT2D eigenvalue weighted by Gasteiger charge is 2.12. The van der Waals surface area contributed by atoms with Crippen LogP contribution in [0.25, 0.3) is 11.0 Å². The molecule has 2 aromatic carbocycles. The first-order chi connectivity index (χ1) is 11.7. The van der Waals surface area contributed by atoms with Crippen molar-refractivity contribution in [3.05, 3.63) is 48.0 Å². The Morgan fingerprint density at radius 3 is 2.79 bits per heavy atom. The van der Waals surface area contributed by atoms with Gasteiger partial charge in [0.15, 0.2) is 11.5 Å². The number of nitrogens with one attached hydrogen (secondary N) is 1. The summed E-state index contributed by atoms with van der Waals surface area (Å²) >= 11 is 0. The van der Waals surface area contributed by atoms with Crippen LogP contribution in [-0.2, 0) is 13.1 Å². The molecule has 0 saturated heterocycles. The summed E-state index contributed by atoms with van der Waals surface area (Å²) in [5, 5.41) is 13.6. The molecule has 2 N–H and O–H groups in total. The van der Waals surface area contributed by atoms with Gasteiger partial charge < -0.3 is 19.7 Å². The van der Waals surface area contributed by atoms with E-state index in [1.807, 2.05) is 30.3 Å². The second kappa shape index (κ2) is 7.25. The Labute approximate surface area is 141 Å². The molecular formula is C19H23N3O2. The molecule has 0 aliphatic rings. The molecule has 0 radical (unpaired) electrons. The second-order valence-electron chi connectivity index (χ2n) is 5.75. The maximum Gasteiger partial charge on any atom is 0.204 e. The number of nitrogens with zero attached hydrogens (tertiary/aromatic N) is 2. The summed E-state index contributed by atoms with van der Waals surface area (Å²) in [5.41, 5.74) is 2.89. The standard InChI is InChI=1S/C19H23N3O2/c1-3-4-12-22-16-10-6-5-9-15(16)21-19(22)20-13-14-8-7-11-17(24-2)18(14)23/h5-11,23H,3-4,12-13H2,1-2H3,(H,20,21). The number of methoxy groups -OCH3 is 1.